The van der Waals surface area contributed by atoms with Gasteiger partial charge in [0.2, 0.25) is 0 Å². The Hall–Kier alpha value is -2.96. The maximum atomic E-state index is 12.4. The molecule has 27 heavy (non-hydrogen) atoms. The Balaban J connectivity index is 1.78. The summed E-state index contributed by atoms with van der Waals surface area (Å²) in [6, 6.07) is 12.8. The normalized spacial score (nSPS) is 10.3. The highest BCUT2D eigenvalue weighted by Crippen LogP contribution is 2.30. The van der Waals surface area contributed by atoms with Crippen molar-refractivity contribution in [3.63, 3.8) is 0 Å². The monoisotopic (exact) mass is 404 g/mol. The minimum absolute atomic E-state index is 0.171. The average molecular weight is 405 g/mol. The van der Waals surface area contributed by atoms with Crippen molar-refractivity contribution in [3.8, 4) is 5.75 Å². The van der Waals surface area contributed by atoms with E-state index in [2.05, 4.69) is 10.6 Å². The highest BCUT2D eigenvalue weighted by atomic mass is 35.5. The Morgan fingerprint density at radius 1 is 1.00 bits per heavy atom. The molecule has 1 heterocycles. The van der Waals surface area contributed by atoms with Crippen LogP contribution in [0.3, 0.4) is 0 Å². The minimum atomic E-state index is -0.420. The first-order valence-electron chi connectivity index (χ1n) is 7.78. The third-order valence-electron chi connectivity index (χ3n) is 3.65. The minimum Gasteiger partial charge on any atom is -0.494 e. The second-order valence-corrected chi connectivity index (χ2v) is 6.19. The molecule has 1 aromatic heterocycles. The molecule has 2 amide bonds. The Morgan fingerprint density at radius 2 is 1.81 bits per heavy atom. The van der Waals surface area contributed by atoms with Crippen molar-refractivity contribution in [2.24, 2.45) is 0 Å². The van der Waals surface area contributed by atoms with Crippen LogP contribution in [0.15, 0.2) is 59.2 Å². The zero-order valence-corrected chi connectivity index (χ0v) is 15.6. The maximum Gasteiger partial charge on any atom is 0.291 e. The lowest BCUT2D eigenvalue weighted by molar-refractivity contribution is 0.0994. The molecule has 0 spiro atoms. The molecule has 0 radical (unpaired) electrons. The summed E-state index contributed by atoms with van der Waals surface area (Å²) in [6.45, 7) is 0. The van der Waals surface area contributed by atoms with Gasteiger partial charge in [-0.3, -0.25) is 9.59 Å². The Kier molecular flexibility index (Phi) is 5.69. The van der Waals surface area contributed by atoms with Gasteiger partial charge in [0.15, 0.2) is 5.76 Å². The van der Waals surface area contributed by atoms with Crippen molar-refractivity contribution < 1.29 is 18.7 Å². The quantitative estimate of drug-likeness (QED) is 0.619. The summed E-state index contributed by atoms with van der Waals surface area (Å²) in [7, 11) is 1.46. The SMILES string of the molecule is COc1cc(NC(=O)c2cccc(Cl)c2Cl)ccc1NC(=O)c1ccco1. The maximum absolute atomic E-state index is 12.4. The van der Waals surface area contributed by atoms with Gasteiger partial charge in [-0.1, -0.05) is 29.3 Å². The molecule has 3 aromatic rings. The number of furan rings is 1. The first kappa shape index (κ1) is 18.8. The summed E-state index contributed by atoms with van der Waals surface area (Å²) >= 11 is 12.0. The Morgan fingerprint density at radius 3 is 2.52 bits per heavy atom. The number of amides is 2. The second-order valence-electron chi connectivity index (χ2n) is 5.40. The van der Waals surface area contributed by atoms with Crippen LogP contribution in [0.2, 0.25) is 10.0 Å². The van der Waals surface area contributed by atoms with Crippen LogP contribution in [0.4, 0.5) is 11.4 Å². The van der Waals surface area contributed by atoms with Crippen molar-refractivity contribution in [1.82, 2.24) is 0 Å². The fourth-order valence-electron chi connectivity index (χ4n) is 2.34. The topological polar surface area (TPSA) is 80.6 Å². The van der Waals surface area contributed by atoms with Crippen LogP contribution in [0.1, 0.15) is 20.9 Å². The largest absolute Gasteiger partial charge is 0.494 e. The molecular formula is C19H14Cl2N2O4. The number of halogens is 2. The first-order valence-corrected chi connectivity index (χ1v) is 8.53. The summed E-state index contributed by atoms with van der Waals surface area (Å²) in [5.41, 5.74) is 1.14. The number of hydrogen-bond donors (Lipinski definition) is 2. The summed E-state index contributed by atoms with van der Waals surface area (Å²) in [6.07, 6.45) is 1.41. The lowest BCUT2D eigenvalue weighted by Gasteiger charge is -2.12. The van der Waals surface area contributed by atoms with E-state index in [1.807, 2.05) is 0 Å². The lowest BCUT2D eigenvalue weighted by Crippen LogP contribution is -2.14. The molecule has 0 aliphatic rings. The van der Waals surface area contributed by atoms with Crippen molar-refractivity contribution in [2.45, 2.75) is 0 Å². The molecule has 138 valence electrons. The smallest absolute Gasteiger partial charge is 0.291 e. The van der Waals surface area contributed by atoms with E-state index in [9.17, 15) is 9.59 Å². The number of ether oxygens (including phenoxy) is 1. The third kappa shape index (κ3) is 4.24. The molecule has 2 N–H and O–H groups in total. The van der Waals surface area contributed by atoms with E-state index >= 15 is 0 Å². The van der Waals surface area contributed by atoms with Crippen molar-refractivity contribution in [1.29, 1.82) is 0 Å². The van der Waals surface area contributed by atoms with Gasteiger partial charge in [0.1, 0.15) is 5.75 Å². The van der Waals surface area contributed by atoms with E-state index in [0.717, 1.165) is 0 Å². The molecule has 0 saturated heterocycles. The van der Waals surface area contributed by atoms with Crippen molar-refractivity contribution in [3.05, 3.63) is 76.2 Å². The molecular weight excluding hydrogens is 391 g/mol. The number of nitrogens with one attached hydrogen (secondary N) is 2. The molecule has 0 aliphatic heterocycles. The molecule has 6 nitrogen and oxygen atoms in total. The molecule has 0 atom stereocenters. The number of anilines is 2. The van der Waals surface area contributed by atoms with Crippen molar-refractivity contribution >= 4 is 46.4 Å². The van der Waals surface area contributed by atoms with E-state index in [0.29, 0.717) is 17.1 Å². The van der Waals surface area contributed by atoms with Crippen LogP contribution < -0.4 is 15.4 Å². The summed E-state index contributed by atoms with van der Waals surface area (Å²) < 4.78 is 10.3. The number of hydrogen-bond acceptors (Lipinski definition) is 4. The van der Waals surface area contributed by atoms with Gasteiger partial charge in [-0.15, -0.1) is 0 Å². The van der Waals surface area contributed by atoms with Gasteiger partial charge >= 0.3 is 0 Å². The van der Waals surface area contributed by atoms with Crippen LogP contribution in [0.5, 0.6) is 5.75 Å². The molecule has 0 fully saturated rings. The molecule has 0 aliphatic carbocycles. The number of methoxy groups -OCH3 is 1. The molecule has 0 unspecified atom stereocenters. The Labute approximate surface area is 165 Å². The third-order valence-corrected chi connectivity index (χ3v) is 4.47. The fraction of sp³-hybridized carbons (Fsp3) is 0.0526. The molecule has 3 rings (SSSR count). The molecule has 0 bridgehead atoms. The van der Waals surface area contributed by atoms with Crippen LogP contribution in [-0.4, -0.2) is 18.9 Å². The molecule has 8 heteroatoms. The lowest BCUT2D eigenvalue weighted by atomic mass is 10.2. The summed E-state index contributed by atoms with van der Waals surface area (Å²) in [4.78, 5) is 24.5. The van der Waals surface area contributed by atoms with Crippen LogP contribution in [0, 0.1) is 0 Å². The van der Waals surface area contributed by atoms with Gasteiger partial charge in [-0.25, -0.2) is 0 Å². The van der Waals surface area contributed by atoms with Gasteiger partial charge < -0.3 is 19.8 Å². The predicted octanol–water partition coefficient (Wildman–Crippen LogP) is 5.10. The summed E-state index contributed by atoms with van der Waals surface area (Å²) in [5, 5.41) is 5.86. The van der Waals surface area contributed by atoms with E-state index in [1.54, 1.807) is 48.5 Å². The van der Waals surface area contributed by atoms with Crippen LogP contribution >= 0.6 is 23.2 Å². The van der Waals surface area contributed by atoms with E-state index in [-0.39, 0.29) is 21.4 Å². The molecule has 2 aromatic carbocycles. The second kappa shape index (κ2) is 8.16. The van der Waals surface area contributed by atoms with E-state index in [4.69, 9.17) is 32.4 Å². The number of carbonyl (C=O) groups is 2. The highest BCUT2D eigenvalue weighted by Gasteiger charge is 2.15. The van der Waals surface area contributed by atoms with Gasteiger partial charge in [-0.05, 0) is 36.4 Å². The number of rotatable bonds is 5. The van der Waals surface area contributed by atoms with Gasteiger partial charge in [-0.2, -0.15) is 0 Å². The van der Waals surface area contributed by atoms with E-state index < -0.39 is 11.8 Å². The number of carbonyl (C=O) groups excluding carboxylic acids is 2. The zero-order valence-electron chi connectivity index (χ0n) is 14.1. The fourth-order valence-corrected chi connectivity index (χ4v) is 2.73. The summed E-state index contributed by atoms with van der Waals surface area (Å²) in [5.74, 6) is -0.298. The highest BCUT2D eigenvalue weighted by molar-refractivity contribution is 6.44. The van der Waals surface area contributed by atoms with Gasteiger partial charge in [0.25, 0.3) is 11.8 Å². The molecule has 0 saturated carbocycles. The Bertz CT molecular complexity index is 987. The standard InChI is InChI=1S/C19H14Cl2N2O4/c1-26-16-10-11(22-18(24)12-4-2-5-13(20)17(12)21)7-8-14(16)23-19(25)15-6-3-9-27-15/h2-10H,1H3,(H,22,24)(H,23,25). The first-order chi connectivity index (χ1) is 13.0. The van der Waals surface area contributed by atoms with E-state index in [1.165, 1.54) is 13.4 Å². The zero-order chi connectivity index (χ0) is 19.4. The van der Waals surface area contributed by atoms with Gasteiger partial charge in [0.05, 0.1) is 34.7 Å². The van der Waals surface area contributed by atoms with Crippen LogP contribution in [0.25, 0.3) is 0 Å². The predicted molar refractivity (Wildman–Crippen MR) is 104 cm³/mol. The van der Waals surface area contributed by atoms with Gasteiger partial charge in [0, 0.05) is 11.8 Å². The van der Waals surface area contributed by atoms with Crippen LogP contribution in [-0.2, 0) is 0 Å². The number of benzene rings is 2. The average Bonchev–Trinajstić information content (AvgIpc) is 3.20. The van der Waals surface area contributed by atoms with Crippen molar-refractivity contribution in [2.75, 3.05) is 17.7 Å².